The SMILES string of the molecule is CC(C)CC(=O)C1=C(O)C(=O)N(c2ccc(S(N)(=O)=O)cc2)C1c1ccccc1. The molecule has 0 saturated carbocycles. The summed E-state index contributed by atoms with van der Waals surface area (Å²) < 4.78 is 23.0. The summed E-state index contributed by atoms with van der Waals surface area (Å²) in [6, 6.07) is 13.5. The molecule has 0 saturated heterocycles. The summed E-state index contributed by atoms with van der Waals surface area (Å²) in [5.74, 6) is -1.55. The smallest absolute Gasteiger partial charge is 0.294 e. The van der Waals surface area contributed by atoms with E-state index in [1.165, 1.54) is 29.2 Å². The van der Waals surface area contributed by atoms with Gasteiger partial charge in [-0.15, -0.1) is 0 Å². The number of aliphatic hydroxyl groups excluding tert-OH is 1. The van der Waals surface area contributed by atoms with Crippen LogP contribution in [0, 0.1) is 5.92 Å². The molecule has 2 aromatic carbocycles. The van der Waals surface area contributed by atoms with E-state index in [9.17, 15) is 23.1 Å². The van der Waals surface area contributed by atoms with Crippen molar-refractivity contribution in [3.63, 3.8) is 0 Å². The molecule has 3 N–H and O–H groups in total. The summed E-state index contributed by atoms with van der Waals surface area (Å²) in [4.78, 5) is 27.0. The molecule has 2 aromatic rings. The number of benzene rings is 2. The van der Waals surface area contributed by atoms with Gasteiger partial charge in [-0.1, -0.05) is 44.2 Å². The monoisotopic (exact) mass is 414 g/mol. The van der Waals surface area contributed by atoms with Gasteiger partial charge in [0.25, 0.3) is 5.91 Å². The van der Waals surface area contributed by atoms with Crippen molar-refractivity contribution in [2.75, 3.05) is 4.90 Å². The van der Waals surface area contributed by atoms with Crippen LogP contribution in [0.5, 0.6) is 0 Å². The third-order valence-electron chi connectivity index (χ3n) is 4.66. The lowest BCUT2D eigenvalue weighted by Crippen LogP contribution is -2.31. The fourth-order valence-corrected chi connectivity index (χ4v) is 3.90. The van der Waals surface area contributed by atoms with Gasteiger partial charge in [0.2, 0.25) is 10.0 Å². The van der Waals surface area contributed by atoms with Crippen molar-refractivity contribution in [3.05, 3.63) is 71.5 Å². The lowest BCUT2D eigenvalue weighted by Gasteiger charge is -2.27. The molecule has 7 nitrogen and oxygen atoms in total. The molecule has 0 fully saturated rings. The molecule has 8 heteroatoms. The van der Waals surface area contributed by atoms with Crippen molar-refractivity contribution in [3.8, 4) is 0 Å². The second kappa shape index (κ2) is 7.81. The lowest BCUT2D eigenvalue weighted by molar-refractivity contribution is -0.118. The molecule has 0 radical (unpaired) electrons. The van der Waals surface area contributed by atoms with Gasteiger partial charge in [-0.25, -0.2) is 13.6 Å². The van der Waals surface area contributed by atoms with E-state index in [1.54, 1.807) is 24.3 Å². The zero-order chi connectivity index (χ0) is 21.3. The third-order valence-corrected chi connectivity index (χ3v) is 5.59. The van der Waals surface area contributed by atoms with E-state index in [4.69, 9.17) is 5.14 Å². The predicted molar refractivity (Wildman–Crippen MR) is 109 cm³/mol. The number of primary sulfonamides is 1. The van der Waals surface area contributed by atoms with Crippen molar-refractivity contribution in [2.24, 2.45) is 11.1 Å². The molecule has 1 heterocycles. The molecule has 152 valence electrons. The van der Waals surface area contributed by atoms with Crippen molar-refractivity contribution in [1.82, 2.24) is 0 Å². The van der Waals surface area contributed by atoms with Gasteiger partial charge in [-0.3, -0.25) is 14.5 Å². The molecular formula is C21H22N2O5S. The number of ketones is 1. The first-order valence-corrected chi connectivity index (χ1v) is 10.6. The molecule has 1 aliphatic heterocycles. The number of carbonyl (C=O) groups is 2. The van der Waals surface area contributed by atoms with Crippen LogP contribution in [0.2, 0.25) is 0 Å². The van der Waals surface area contributed by atoms with Crippen molar-refractivity contribution < 1.29 is 23.1 Å². The number of hydrogen-bond donors (Lipinski definition) is 2. The van der Waals surface area contributed by atoms with Crippen LogP contribution < -0.4 is 10.0 Å². The average Bonchev–Trinajstić information content (AvgIpc) is 2.92. The molecular weight excluding hydrogens is 392 g/mol. The van der Waals surface area contributed by atoms with Crippen molar-refractivity contribution >= 4 is 27.4 Å². The lowest BCUT2D eigenvalue weighted by atomic mass is 9.92. The highest BCUT2D eigenvalue weighted by Gasteiger charge is 2.44. The summed E-state index contributed by atoms with van der Waals surface area (Å²) in [5, 5.41) is 15.7. The van der Waals surface area contributed by atoms with Crippen molar-refractivity contribution in [1.29, 1.82) is 0 Å². The number of nitrogens with two attached hydrogens (primary N) is 1. The molecule has 1 amide bonds. The standard InChI is InChI=1S/C21H22N2O5S/c1-13(2)12-17(24)18-19(14-6-4-3-5-7-14)23(21(26)20(18)25)15-8-10-16(11-9-15)29(22,27)28/h3-11,13,19,25H,12H2,1-2H3,(H2,22,27,28). The minimum Gasteiger partial charge on any atom is -0.503 e. The van der Waals surface area contributed by atoms with Crippen LogP contribution >= 0.6 is 0 Å². The maximum Gasteiger partial charge on any atom is 0.294 e. The van der Waals surface area contributed by atoms with Crippen LogP contribution in [0.4, 0.5) is 5.69 Å². The number of amides is 1. The zero-order valence-corrected chi connectivity index (χ0v) is 16.9. The number of aliphatic hydroxyl groups is 1. The normalized spacial score (nSPS) is 17.3. The van der Waals surface area contributed by atoms with E-state index in [0.717, 1.165) is 0 Å². The van der Waals surface area contributed by atoms with E-state index in [2.05, 4.69) is 0 Å². The average molecular weight is 414 g/mol. The summed E-state index contributed by atoms with van der Waals surface area (Å²) in [6.45, 7) is 3.76. The van der Waals surface area contributed by atoms with Crippen LogP contribution in [0.15, 0.2) is 70.8 Å². The molecule has 1 atom stereocenters. The van der Waals surface area contributed by atoms with Gasteiger partial charge < -0.3 is 5.11 Å². The Labute approximate surface area is 169 Å². The van der Waals surface area contributed by atoms with E-state index < -0.39 is 27.7 Å². The largest absolute Gasteiger partial charge is 0.503 e. The van der Waals surface area contributed by atoms with E-state index in [0.29, 0.717) is 11.3 Å². The number of hydrogen-bond acceptors (Lipinski definition) is 5. The zero-order valence-electron chi connectivity index (χ0n) is 16.1. The molecule has 1 aliphatic rings. The van der Waals surface area contributed by atoms with Gasteiger partial charge in [0.1, 0.15) is 0 Å². The molecule has 0 bridgehead atoms. The van der Waals surface area contributed by atoms with Gasteiger partial charge in [0.05, 0.1) is 16.5 Å². The third kappa shape index (κ3) is 4.08. The number of nitrogens with zero attached hydrogens (tertiary/aromatic N) is 1. The van der Waals surface area contributed by atoms with Crippen LogP contribution in [-0.4, -0.2) is 25.2 Å². The number of sulfonamides is 1. The Bertz CT molecular complexity index is 1070. The summed E-state index contributed by atoms with van der Waals surface area (Å²) in [7, 11) is -3.89. The van der Waals surface area contributed by atoms with Crippen LogP contribution in [0.1, 0.15) is 31.9 Å². The Balaban J connectivity index is 2.11. The highest BCUT2D eigenvalue weighted by molar-refractivity contribution is 7.89. The predicted octanol–water partition coefficient (Wildman–Crippen LogP) is 2.85. The second-order valence-corrected chi connectivity index (χ2v) is 8.87. The highest BCUT2D eigenvalue weighted by atomic mass is 32.2. The van der Waals surface area contributed by atoms with E-state index in [-0.39, 0.29) is 28.6 Å². The van der Waals surface area contributed by atoms with Gasteiger partial charge in [0.15, 0.2) is 11.5 Å². The molecule has 0 aliphatic carbocycles. The first kappa shape index (κ1) is 20.8. The molecule has 0 aromatic heterocycles. The molecule has 3 rings (SSSR count). The van der Waals surface area contributed by atoms with Crippen LogP contribution in [0.25, 0.3) is 0 Å². The minimum absolute atomic E-state index is 0.0467. The molecule has 1 unspecified atom stereocenters. The number of Topliss-reactive ketones (excluding diaryl/α,β-unsaturated/α-hetero) is 1. The summed E-state index contributed by atoms with van der Waals surface area (Å²) in [5.41, 5.74) is 1.05. The molecule has 29 heavy (non-hydrogen) atoms. The number of rotatable bonds is 6. The van der Waals surface area contributed by atoms with Gasteiger partial charge in [0, 0.05) is 12.1 Å². The Hall–Kier alpha value is -2.97. The Morgan fingerprint density at radius 3 is 2.21 bits per heavy atom. The molecule has 0 spiro atoms. The van der Waals surface area contributed by atoms with Crippen LogP contribution in [-0.2, 0) is 19.6 Å². The topological polar surface area (TPSA) is 118 Å². The second-order valence-electron chi connectivity index (χ2n) is 7.31. The van der Waals surface area contributed by atoms with Crippen molar-refractivity contribution in [2.45, 2.75) is 31.2 Å². The maximum absolute atomic E-state index is 12.9. The van der Waals surface area contributed by atoms with Crippen LogP contribution in [0.3, 0.4) is 0 Å². The van der Waals surface area contributed by atoms with Gasteiger partial charge in [-0.2, -0.15) is 0 Å². The van der Waals surface area contributed by atoms with Gasteiger partial charge >= 0.3 is 0 Å². The van der Waals surface area contributed by atoms with E-state index in [1.807, 2.05) is 19.9 Å². The fourth-order valence-electron chi connectivity index (χ4n) is 3.38. The minimum atomic E-state index is -3.89. The summed E-state index contributed by atoms with van der Waals surface area (Å²) >= 11 is 0. The van der Waals surface area contributed by atoms with Gasteiger partial charge in [-0.05, 0) is 35.7 Å². The summed E-state index contributed by atoms with van der Waals surface area (Å²) in [6.07, 6.45) is 0.189. The number of anilines is 1. The maximum atomic E-state index is 12.9. The Morgan fingerprint density at radius 1 is 1.10 bits per heavy atom. The first-order valence-electron chi connectivity index (χ1n) is 9.09. The quantitative estimate of drug-likeness (QED) is 0.754. The fraction of sp³-hybridized carbons (Fsp3) is 0.238. The highest BCUT2D eigenvalue weighted by Crippen LogP contribution is 2.41. The Morgan fingerprint density at radius 2 is 1.69 bits per heavy atom. The first-order chi connectivity index (χ1) is 13.6. The number of carbonyl (C=O) groups excluding carboxylic acids is 2. The Kier molecular flexibility index (Phi) is 5.59. The van der Waals surface area contributed by atoms with E-state index >= 15 is 0 Å².